The lowest BCUT2D eigenvalue weighted by Crippen LogP contribution is -2.50. The van der Waals surface area contributed by atoms with Crippen molar-refractivity contribution >= 4 is 17.6 Å². The van der Waals surface area contributed by atoms with Gasteiger partial charge in [0, 0.05) is 32.9 Å². The topological polar surface area (TPSA) is 150 Å². The molecule has 0 aromatic carbocycles. The van der Waals surface area contributed by atoms with E-state index < -0.39 is 54.9 Å². The lowest BCUT2D eigenvalue weighted by Gasteiger charge is -2.41. The van der Waals surface area contributed by atoms with Crippen LogP contribution in [0.3, 0.4) is 0 Å². The lowest BCUT2D eigenvalue weighted by atomic mass is 9.81. The highest BCUT2D eigenvalue weighted by molar-refractivity contribution is 5.93. The second-order valence-corrected chi connectivity index (χ2v) is 12.1. The molecule has 3 aliphatic rings. The number of nitrogens with one attached hydrogen (secondary N) is 1. The molecule has 1 saturated carbocycles. The normalized spacial score (nSPS) is 26.1. The van der Waals surface area contributed by atoms with E-state index in [4.69, 9.17) is 14.5 Å². The van der Waals surface area contributed by atoms with Crippen LogP contribution >= 0.6 is 0 Å². The van der Waals surface area contributed by atoms with Gasteiger partial charge in [-0.05, 0) is 50.1 Å². The van der Waals surface area contributed by atoms with E-state index in [2.05, 4.69) is 30.3 Å². The van der Waals surface area contributed by atoms with Crippen LogP contribution in [0.15, 0.2) is 17.0 Å². The molecule has 5 heterocycles. The second-order valence-electron chi connectivity index (χ2n) is 12.1. The Kier molecular flexibility index (Phi) is 8.49. The van der Waals surface area contributed by atoms with Crippen molar-refractivity contribution < 1.29 is 41.3 Å². The van der Waals surface area contributed by atoms with Crippen molar-refractivity contribution in [2.75, 3.05) is 20.3 Å². The number of imidazole rings is 1. The summed E-state index contributed by atoms with van der Waals surface area (Å²) >= 11 is 0. The van der Waals surface area contributed by atoms with Gasteiger partial charge in [0.25, 0.3) is 23.5 Å². The summed E-state index contributed by atoms with van der Waals surface area (Å²) in [7, 11) is 1.58. The smallest absolute Gasteiger partial charge is 0.276 e. The first-order valence-corrected chi connectivity index (χ1v) is 15.0. The van der Waals surface area contributed by atoms with Crippen molar-refractivity contribution in [3.8, 4) is 0 Å². The summed E-state index contributed by atoms with van der Waals surface area (Å²) in [5.74, 6) is -6.90. The molecule has 0 spiro atoms. The van der Waals surface area contributed by atoms with Crippen molar-refractivity contribution in [3.05, 3.63) is 35.2 Å². The minimum Gasteiger partial charge on any atom is -0.381 e. The van der Waals surface area contributed by atoms with Crippen molar-refractivity contribution in [2.45, 2.75) is 94.4 Å². The van der Waals surface area contributed by atoms with E-state index >= 15 is 0 Å². The third kappa shape index (κ3) is 6.64. The minimum absolute atomic E-state index is 0.0242. The number of aromatic nitrogens is 6. The van der Waals surface area contributed by atoms with Crippen molar-refractivity contribution in [1.29, 1.82) is 0 Å². The van der Waals surface area contributed by atoms with Gasteiger partial charge in [-0.1, -0.05) is 5.16 Å². The number of alkyl halides is 4. The first-order chi connectivity index (χ1) is 21.4. The van der Waals surface area contributed by atoms with E-state index in [0.29, 0.717) is 30.8 Å². The number of carbonyl (C=O) groups is 2. The number of ether oxygens (including phenoxy) is 2. The summed E-state index contributed by atoms with van der Waals surface area (Å²) in [4.78, 5) is 37.5. The lowest BCUT2D eigenvalue weighted by molar-refractivity contribution is -0.174. The van der Waals surface area contributed by atoms with E-state index in [1.165, 1.54) is 10.7 Å². The summed E-state index contributed by atoms with van der Waals surface area (Å²) in [5, 5.41) is 14.6. The van der Waals surface area contributed by atoms with Gasteiger partial charge in [0.15, 0.2) is 5.69 Å². The molecule has 4 atom stereocenters. The maximum absolute atomic E-state index is 14.0. The summed E-state index contributed by atoms with van der Waals surface area (Å²) in [6.07, 6.45) is 1.98. The van der Waals surface area contributed by atoms with Gasteiger partial charge in [-0.15, -0.1) is 0 Å². The average molecular weight is 639 g/mol. The number of methoxy groups -OCH3 is 1. The van der Waals surface area contributed by atoms with Gasteiger partial charge in [0.2, 0.25) is 5.92 Å². The second kappa shape index (κ2) is 12.2. The molecule has 1 aliphatic carbocycles. The van der Waals surface area contributed by atoms with Gasteiger partial charge in [-0.25, -0.2) is 36.7 Å². The van der Waals surface area contributed by atoms with Crippen LogP contribution in [0.5, 0.6) is 0 Å². The predicted molar refractivity (Wildman–Crippen MR) is 145 cm³/mol. The standard InChI is InChI=1S/C28H34F4N8O5/c1-15-22(38-45-37-15)24(41)36-23(16-3-7-27(29,30)8-4-16)19-13-40-26(35-19)34-18(12-33-40)20-11-17(43-2)6-10-39(20)25(42)21-5-9-28(31,32)14-44-21/h12-13,16-17,20-21,23H,3-11,14H2,1-2H3,(H,36,41)/t17-,20+,21-,23-/m0/s1. The molecule has 45 heavy (non-hydrogen) atoms. The number of nitrogens with zero attached hydrogens (tertiary/aromatic N) is 7. The zero-order valence-electron chi connectivity index (χ0n) is 24.8. The molecule has 2 saturated heterocycles. The van der Waals surface area contributed by atoms with Crippen molar-refractivity contribution in [1.82, 2.24) is 40.1 Å². The number of likely N-dealkylation sites (tertiary alicyclic amines) is 1. The van der Waals surface area contributed by atoms with Gasteiger partial charge < -0.3 is 19.7 Å². The van der Waals surface area contributed by atoms with Crippen molar-refractivity contribution in [2.24, 2.45) is 5.92 Å². The molecule has 3 aromatic heterocycles. The van der Waals surface area contributed by atoms with Gasteiger partial charge in [0.1, 0.15) is 18.4 Å². The van der Waals surface area contributed by atoms with Crippen LogP contribution in [-0.4, -0.2) is 90.9 Å². The Hall–Kier alpha value is -3.73. The number of halogens is 4. The Balaban J connectivity index is 1.28. The molecule has 0 radical (unpaired) electrons. The Morgan fingerprint density at radius 2 is 1.82 bits per heavy atom. The third-order valence-electron chi connectivity index (χ3n) is 8.99. The molecule has 13 nitrogen and oxygen atoms in total. The van der Waals surface area contributed by atoms with Crippen LogP contribution in [0.2, 0.25) is 0 Å². The van der Waals surface area contributed by atoms with E-state index in [1.54, 1.807) is 25.1 Å². The summed E-state index contributed by atoms with van der Waals surface area (Å²) in [5.41, 5.74) is 1.03. The summed E-state index contributed by atoms with van der Waals surface area (Å²) in [6, 6.07) is -1.34. The molecule has 0 unspecified atom stereocenters. The van der Waals surface area contributed by atoms with Crippen molar-refractivity contribution in [3.63, 3.8) is 0 Å². The summed E-state index contributed by atoms with van der Waals surface area (Å²) in [6.45, 7) is 1.06. The highest BCUT2D eigenvalue weighted by Crippen LogP contribution is 2.41. The number of amides is 2. The van der Waals surface area contributed by atoms with Crippen LogP contribution in [0, 0.1) is 12.8 Å². The molecule has 2 amide bonds. The van der Waals surface area contributed by atoms with Crippen LogP contribution in [0.4, 0.5) is 17.6 Å². The molecule has 1 N–H and O–H groups in total. The van der Waals surface area contributed by atoms with Crippen LogP contribution in [0.25, 0.3) is 5.78 Å². The van der Waals surface area contributed by atoms with Crippen LogP contribution < -0.4 is 5.32 Å². The largest absolute Gasteiger partial charge is 0.381 e. The fourth-order valence-electron chi connectivity index (χ4n) is 6.38. The number of aryl methyl sites for hydroxylation is 1. The fraction of sp³-hybridized carbons (Fsp3) is 0.679. The summed E-state index contributed by atoms with van der Waals surface area (Å²) < 4.78 is 72.3. The third-order valence-corrected chi connectivity index (χ3v) is 8.99. The van der Waals surface area contributed by atoms with Gasteiger partial charge in [-0.3, -0.25) is 9.59 Å². The fourth-order valence-corrected chi connectivity index (χ4v) is 6.38. The number of piperidine rings is 1. The molecule has 2 aliphatic heterocycles. The molecular weight excluding hydrogens is 604 g/mol. The van der Waals surface area contributed by atoms with E-state index in [9.17, 15) is 27.2 Å². The Bertz CT molecular complexity index is 1530. The molecular formula is C28H34F4N8O5. The van der Waals surface area contributed by atoms with E-state index in [-0.39, 0.29) is 61.3 Å². The number of rotatable bonds is 7. The van der Waals surface area contributed by atoms with E-state index in [1.807, 2.05) is 0 Å². The van der Waals surface area contributed by atoms with Gasteiger partial charge in [0.05, 0.1) is 42.0 Å². The quantitative estimate of drug-likeness (QED) is 0.381. The van der Waals surface area contributed by atoms with Crippen LogP contribution in [-0.2, 0) is 14.3 Å². The van der Waals surface area contributed by atoms with Gasteiger partial charge in [-0.2, -0.15) is 5.10 Å². The monoisotopic (exact) mass is 638 g/mol. The molecule has 6 rings (SSSR count). The zero-order chi connectivity index (χ0) is 31.9. The van der Waals surface area contributed by atoms with Crippen LogP contribution in [0.1, 0.15) is 91.0 Å². The number of hydrogen-bond acceptors (Lipinski definition) is 10. The molecule has 244 valence electrons. The number of carbonyl (C=O) groups excluding carboxylic acids is 2. The zero-order valence-corrected chi connectivity index (χ0v) is 24.8. The first-order valence-electron chi connectivity index (χ1n) is 15.0. The number of hydrogen-bond donors (Lipinski definition) is 1. The minimum atomic E-state index is -2.96. The molecule has 0 bridgehead atoms. The highest BCUT2D eigenvalue weighted by Gasteiger charge is 2.43. The van der Waals surface area contributed by atoms with E-state index in [0.717, 1.165) is 0 Å². The molecule has 3 aromatic rings. The Morgan fingerprint density at radius 3 is 2.49 bits per heavy atom. The predicted octanol–water partition coefficient (Wildman–Crippen LogP) is 3.61. The number of fused-ring (bicyclic) bond motifs is 1. The SMILES string of the molecule is CO[C@H]1CCN(C(=O)[C@@H]2CCC(F)(F)CO2)[C@@H](c2cnn3cc([C@@H](NC(=O)c4nonc4C)C4CCC(F)(F)CC4)nc3n2)C1. The highest BCUT2D eigenvalue weighted by atomic mass is 19.3. The maximum Gasteiger partial charge on any atom is 0.276 e. The Labute approximate surface area is 255 Å². The first kappa shape index (κ1) is 31.3. The average Bonchev–Trinajstić information content (AvgIpc) is 3.65. The molecule has 3 fully saturated rings. The maximum atomic E-state index is 14.0. The molecule has 17 heteroatoms. The van der Waals surface area contributed by atoms with Gasteiger partial charge >= 0.3 is 0 Å². The Morgan fingerprint density at radius 1 is 1.07 bits per heavy atom.